The van der Waals surface area contributed by atoms with Crippen LogP contribution in [0.25, 0.3) is 0 Å². The van der Waals surface area contributed by atoms with Crippen LogP contribution in [0.3, 0.4) is 0 Å². The van der Waals surface area contributed by atoms with Crippen LogP contribution < -0.4 is 66.3 Å². The van der Waals surface area contributed by atoms with Gasteiger partial charge in [-0.2, -0.15) is 15.0 Å². The number of aliphatic imine (C=N–C) groups is 3. The SMILES string of the molecule is Cc1c(C(=O)O)[nH]c(C(=O)N=C(N)N)c1CCC(=O)NCCCC[C@H](NC(=O)c1cc(C(=O)N[C@@H](CCCCNC(=O)CCc2c(C(=O)N=C(N)N)[nH]c(C(=O)O)c2C)C(=O)O)cc(C(=O)N[C@@H](CCCCNC(=O)CCc2c(C(=O)N=C(N)N)[nH]c(C(=O)O)c2C)C(=O)O)c1)C(=O)O. The fourth-order valence-electron chi connectivity index (χ4n) is 10.1. The van der Waals surface area contributed by atoms with Gasteiger partial charge in [0.1, 0.15) is 52.3 Å². The van der Waals surface area contributed by atoms with Crippen molar-refractivity contribution in [2.45, 2.75) is 135 Å². The molecule has 0 aliphatic carbocycles. The summed E-state index contributed by atoms with van der Waals surface area (Å²) in [5.74, 6) is -18.6. The number of aromatic nitrogens is 3. The summed E-state index contributed by atoms with van der Waals surface area (Å²) in [6, 6.07) is -2.17. The zero-order valence-corrected chi connectivity index (χ0v) is 53.8. The number of aromatic amines is 3. The summed E-state index contributed by atoms with van der Waals surface area (Å²) in [5.41, 5.74) is 29.6. The van der Waals surface area contributed by atoms with Crippen molar-refractivity contribution in [2.75, 3.05) is 19.6 Å². The number of nitrogens with zero attached hydrogens (tertiary/aromatic N) is 3. The first-order valence-electron chi connectivity index (χ1n) is 30.3. The Balaban J connectivity index is 1.46. The van der Waals surface area contributed by atoms with Gasteiger partial charge in [0.05, 0.1) is 0 Å². The van der Waals surface area contributed by atoms with Gasteiger partial charge in [0.2, 0.25) is 17.7 Å². The van der Waals surface area contributed by atoms with E-state index in [4.69, 9.17) is 34.4 Å². The van der Waals surface area contributed by atoms with Crippen molar-refractivity contribution in [1.29, 1.82) is 0 Å². The second kappa shape index (κ2) is 37.0. The maximum Gasteiger partial charge on any atom is 0.352 e. The lowest BCUT2D eigenvalue weighted by molar-refractivity contribution is -0.140. The largest absolute Gasteiger partial charge is 0.480 e. The van der Waals surface area contributed by atoms with Crippen molar-refractivity contribution in [3.8, 4) is 0 Å². The van der Waals surface area contributed by atoms with Crippen LogP contribution in [-0.4, -0.2) is 190 Å². The second-order valence-electron chi connectivity index (χ2n) is 22.3. The van der Waals surface area contributed by atoms with Crippen LogP contribution in [0, 0.1) is 20.8 Å². The standard InChI is InChI=1S/C60H78N18O21/c1-25-31(43(49(85)76-58(61)62)73-40(25)55(94)95)13-16-37(79)67-19-7-4-10-34(52(88)89)70-46(82)28-22-29(47(83)71-35(53(90)91)11-5-8-20-68-38(80)17-14-32-26(2)41(56(96)97)74-44(32)50(86)77-59(63)64)24-30(23-28)48(84)72-36(54(92)93)12-6-9-21-69-39(81)18-15-33-27(3)42(57(98)99)75-45(33)51(87)78-60(65)66/h22-24,34-36,73-75H,4-21H2,1-3H3,(H,67,79)(H,68,80)(H,69,81)(H,70,82)(H,71,83)(H,72,84)(H,88,89)(H,90,91)(H,92,93)(H,94,95)(H,96,97)(H,98,99)(H4,61,62,76,85)(H4,63,64,77,86)(H4,65,66,78,87)/t34-,35-,36-/m0/s1. The van der Waals surface area contributed by atoms with Gasteiger partial charge < -0.3 is 112 Å². The lowest BCUT2D eigenvalue weighted by Gasteiger charge is -2.18. The average molecular weight is 1390 g/mol. The first kappa shape index (κ1) is 79.0. The van der Waals surface area contributed by atoms with Crippen LogP contribution in [0.1, 0.15) is 204 Å². The van der Waals surface area contributed by atoms with Gasteiger partial charge in [-0.3, -0.25) is 43.2 Å². The van der Waals surface area contributed by atoms with Gasteiger partial charge in [-0.15, -0.1) is 0 Å². The number of carbonyl (C=O) groups is 15. The molecule has 0 spiro atoms. The molecule has 534 valence electrons. The molecule has 4 aromatic rings. The number of hydrogen-bond donors (Lipinski definition) is 21. The molecule has 4 rings (SSSR count). The molecule has 9 amide bonds. The summed E-state index contributed by atoms with van der Waals surface area (Å²) in [6.45, 7) is 4.20. The molecule has 39 nitrogen and oxygen atoms in total. The average Bonchev–Trinajstić information content (AvgIpc) is 1.73. The zero-order chi connectivity index (χ0) is 74.1. The first-order valence-corrected chi connectivity index (χ1v) is 30.3. The van der Waals surface area contributed by atoms with E-state index >= 15 is 0 Å². The number of hydrogen-bond acceptors (Lipinski definition) is 15. The number of aromatic carboxylic acids is 3. The molecule has 3 aromatic heterocycles. The summed E-state index contributed by atoms with van der Waals surface area (Å²) < 4.78 is 0. The third-order valence-electron chi connectivity index (χ3n) is 15.2. The van der Waals surface area contributed by atoms with E-state index in [9.17, 15) is 103 Å². The predicted molar refractivity (Wildman–Crippen MR) is 347 cm³/mol. The van der Waals surface area contributed by atoms with E-state index in [0.29, 0.717) is 0 Å². The van der Waals surface area contributed by atoms with Gasteiger partial charge in [-0.1, -0.05) is 0 Å². The Bertz CT molecular complexity index is 3500. The maximum atomic E-state index is 14.0. The number of nitrogens with one attached hydrogen (secondary N) is 9. The molecule has 0 radical (unpaired) electrons. The number of aliphatic carboxylic acids is 3. The molecule has 1 aromatic carbocycles. The highest BCUT2D eigenvalue weighted by Crippen LogP contribution is 2.25. The Morgan fingerprint density at radius 3 is 0.808 bits per heavy atom. The predicted octanol–water partition coefficient (Wildman–Crippen LogP) is -1.76. The van der Waals surface area contributed by atoms with Gasteiger partial charge in [-0.25, -0.2) is 28.8 Å². The molecule has 0 fully saturated rings. The number of rotatable bonds is 39. The summed E-state index contributed by atoms with van der Waals surface area (Å²) >= 11 is 0. The van der Waals surface area contributed by atoms with E-state index in [1.165, 1.54) is 20.8 Å². The van der Waals surface area contributed by atoms with Crippen molar-refractivity contribution >= 4 is 107 Å². The molecular formula is C60H78N18O21. The van der Waals surface area contributed by atoms with E-state index in [-0.39, 0.29) is 183 Å². The Labute approximate surface area is 561 Å². The van der Waals surface area contributed by atoms with Crippen LogP contribution in [0.15, 0.2) is 33.2 Å². The van der Waals surface area contributed by atoms with Crippen LogP contribution in [0.5, 0.6) is 0 Å². The minimum absolute atomic E-state index is 0.0167. The number of carboxylic acid groups (broad SMARTS) is 6. The number of guanidine groups is 3. The van der Waals surface area contributed by atoms with E-state index in [1.807, 2.05) is 0 Å². The lowest BCUT2D eigenvalue weighted by atomic mass is 10.0. The van der Waals surface area contributed by atoms with Crippen molar-refractivity contribution < 1.29 is 103 Å². The van der Waals surface area contributed by atoms with Crippen LogP contribution >= 0.6 is 0 Å². The fourth-order valence-corrected chi connectivity index (χ4v) is 10.1. The van der Waals surface area contributed by atoms with Crippen molar-refractivity contribution in [3.05, 3.63) is 102 Å². The van der Waals surface area contributed by atoms with Gasteiger partial charge in [0, 0.05) is 55.6 Å². The molecule has 0 aliphatic heterocycles. The summed E-state index contributed by atoms with van der Waals surface area (Å²) in [7, 11) is 0. The van der Waals surface area contributed by atoms with Gasteiger partial charge >= 0.3 is 35.8 Å². The van der Waals surface area contributed by atoms with Crippen molar-refractivity contribution in [3.63, 3.8) is 0 Å². The summed E-state index contributed by atoms with van der Waals surface area (Å²) in [4.78, 5) is 209. The van der Waals surface area contributed by atoms with Crippen LogP contribution in [-0.2, 0) is 48.0 Å². The molecule has 27 N–H and O–H groups in total. The highest BCUT2D eigenvalue weighted by molar-refractivity contribution is 6.08. The minimum atomic E-state index is -1.64. The highest BCUT2D eigenvalue weighted by Gasteiger charge is 2.30. The Kier molecular flexibility index (Phi) is 29.5. The maximum absolute atomic E-state index is 14.0. The Hall–Kier alpha value is -12.5. The molecule has 0 unspecified atom stereocenters. The summed E-state index contributed by atoms with van der Waals surface area (Å²) in [6.07, 6.45) is -1.22. The van der Waals surface area contributed by atoms with E-state index in [2.05, 4.69) is 61.8 Å². The molecular weight excluding hydrogens is 1310 g/mol. The van der Waals surface area contributed by atoms with E-state index in [1.54, 1.807) is 0 Å². The Morgan fingerprint density at radius 2 is 0.606 bits per heavy atom. The molecule has 0 aliphatic rings. The molecule has 3 atom stereocenters. The van der Waals surface area contributed by atoms with E-state index < -0.39 is 142 Å². The first-order chi connectivity index (χ1) is 46.5. The third-order valence-corrected chi connectivity index (χ3v) is 15.2. The highest BCUT2D eigenvalue weighted by atomic mass is 16.4. The number of benzene rings is 1. The topological polar surface area (TPSA) is 690 Å². The van der Waals surface area contributed by atoms with Crippen molar-refractivity contribution in [2.24, 2.45) is 49.4 Å². The fraction of sp³-hybridized carbons (Fsp3) is 0.400. The number of H-pyrrole nitrogens is 3. The van der Waals surface area contributed by atoms with Gasteiger partial charge in [0.25, 0.3) is 35.4 Å². The van der Waals surface area contributed by atoms with E-state index in [0.717, 1.165) is 18.2 Å². The number of carboxylic acids is 6. The number of unbranched alkanes of at least 4 members (excludes halogenated alkanes) is 3. The third kappa shape index (κ3) is 23.7. The molecule has 0 bridgehead atoms. The molecule has 99 heavy (non-hydrogen) atoms. The Morgan fingerprint density at radius 1 is 0.374 bits per heavy atom. The van der Waals surface area contributed by atoms with Crippen LogP contribution in [0.2, 0.25) is 0 Å². The molecule has 0 saturated heterocycles. The second-order valence-corrected chi connectivity index (χ2v) is 22.3. The smallest absolute Gasteiger partial charge is 0.352 e. The quantitative estimate of drug-likeness (QED) is 0.0134. The number of amides is 9. The van der Waals surface area contributed by atoms with Gasteiger partial charge in [0.15, 0.2) is 17.9 Å². The monoisotopic (exact) mass is 1390 g/mol. The van der Waals surface area contributed by atoms with Gasteiger partial charge in [-0.05, 0) is 149 Å². The molecule has 39 heteroatoms. The lowest BCUT2D eigenvalue weighted by Crippen LogP contribution is -2.43. The summed E-state index contributed by atoms with van der Waals surface area (Å²) in [5, 5.41) is 74.0. The molecule has 0 saturated carbocycles. The molecule has 3 heterocycles. The normalized spacial score (nSPS) is 11.7. The zero-order valence-electron chi connectivity index (χ0n) is 53.8. The van der Waals surface area contributed by atoms with Crippen molar-refractivity contribution in [1.82, 2.24) is 46.9 Å². The minimum Gasteiger partial charge on any atom is -0.480 e. The number of nitrogens with two attached hydrogens (primary N) is 6. The number of carbonyl (C=O) groups excluding carboxylic acids is 9. The van der Waals surface area contributed by atoms with Crippen LogP contribution in [0.4, 0.5) is 0 Å².